The summed E-state index contributed by atoms with van der Waals surface area (Å²) in [6, 6.07) is 5.05. The van der Waals surface area contributed by atoms with E-state index in [4.69, 9.17) is 4.42 Å². The summed E-state index contributed by atoms with van der Waals surface area (Å²) in [6.07, 6.45) is 1.44. The molecule has 1 aromatic heterocycles. The van der Waals surface area contributed by atoms with Gasteiger partial charge in [-0.2, -0.15) is 0 Å². The second-order valence-electron chi connectivity index (χ2n) is 5.93. The maximum absolute atomic E-state index is 14.1. The molecule has 136 valence electrons. The molecule has 3 rings (SSSR count). The number of halogens is 2. The highest BCUT2D eigenvalue weighted by atomic mass is 19.1. The Morgan fingerprint density at radius 1 is 1.31 bits per heavy atom. The molecular weight excluding hydrogens is 348 g/mol. The molecule has 26 heavy (non-hydrogen) atoms. The summed E-state index contributed by atoms with van der Waals surface area (Å²) < 4.78 is 32.6. The molecule has 0 spiro atoms. The third-order valence-electron chi connectivity index (χ3n) is 4.08. The zero-order chi connectivity index (χ0) is 18.9. The van der Waals surface area contributed by atoms with E-state index in [2.05, 4.69) is 10.6 Å². The van der Waals surface area contributed by atoms with Crippen LogP contribution in [0, 0.1) is 11.6 Å². The van der Waals surface area contributed by atoms with Crippen LogP contribution in [-0.4, -0.2) is 29.3 Å². The van der Waals surface area contributed by atoms with Crippen molar-refractivity contribution in [1.29, 1.82) is 0 Å². The highest BCUT2D eigenvalue weighted by Gasteiger charge is 2.50. The molecule has 2 N–H and O–H groups in total. The molecule has 9 heteroatoms. The van der Waals surface area contributed by atoms with Gasteiger partial charge in [-0.3, -0.25) is 14.5 Å². The van der Waals surface area contributed by atoms with Crippen molar-refractivity contribution in [2.24, 2.45) is 0 Å². The SMILES string of the molecule is C[C@]1(c2cc(F)ccc2F)NC(=O)N(CC(=O)NCc2ccco2)C1=O. The molecule has 1 atom stereocenters. The number of amides is 4. The summed E-state index contributed by atoms with van der Waals surface area (Å²) in [5.41, 5.74) is -2.11. The number of hydrogen-bond donors (Lipinski definition) is 2. The van der Waals surface area contributed by atoms with Gasteiger partial charge in [-0.05, 0) is 37.3 Å². The lowest BCUT2D eigenvalue weighted by atomic mass is 9.91. The molecule has 4 amide bonds. The molecule has 2 heterocycles. The van der Waals surface area contributed by atoms with Gasteiger partial charge in [0.1, 0.15) is 29.5 Å². The zero-order valence-corrected chi connectivity index (χ0v) is 13.7. The number of nitrogens with zero attached hydrogens (tertiary/aromatic N) is 1. The van der Waals surface area contributed by atoms with Crippen LogP contribution in [0.2, 0.25) is 0 Å². The quantitative estimate of drug-likeness (QED) is 0.790. The summed E-state index contributed by atoms with van der Waals surface area (Å²) in [5.74, 6) is -2.54. The van der Waals surface area contributed by atoms with E-state index in [1.807, 2.05) is 0 Å². The summed E-state index contributed by atoms with van der Waals surface area (Å²) in [4.78, 5) is 37.4. The Bertz CT molecular complexity index is 869. The maximum atomic E-state index is 14.1. The van der Waals surface area contributed by atoms with Crippen LogP contribution in [-0.2, 0) is 21.7 Å². The van der Waals surface area contributed by atoms with Gasteiger partial charge in [-0.15, -0.1) is 0 Å². The normalized spacial score (nSPS) is 19.6. The van der Waals surface area contributed by atoms with Crippen LogP contribution in [0.4, 0.5) is 13.6 Å². The largest absolute Gasteiger partial charge is 0.467 e. The molecule has 7 nitrogen and oxygen atoms in total. The molecule has 1 aliphatic heterocycles. The molecule has 0 radical (unpaired) electrons. The molecule has 0 aliphatic carbocycles. The van der Waals surface area contributed by atoms with E-state index in [0.29, 0.717) is 10.7 Å². The Kier molecular flexibility index (Phi) is 4.45. The highest BCUT2D eigenvalue weighted by Crippen LogP contribution is 2.31. The smallest absolute Gasteiger partial charge is 0.325 e. The van der Waals surface area contributed by atoms with Crippen molar-refractivity contribution >= 4 is 17.8 Å². The third kappa shape index (κ3) is 3.15. The summed E-state index contributed by atoms with van der Waals surface area (Å²) in [5, 5.41) is 4.82. The Balaban J connectivity index is 1.74. The fraction of sp³-hybridized carbons (Fsp3) is 0.235. The van der Waals surface area contributed by atoms with Crippen LogP contribution in [0.5, 0.6) is 0 Å². The second kappa shape index (κ2) is 6.58. The standard InChI is InChI=1S/C17H15F2N3O4/c1-17(12-7-10(18)4-5-13(12)19)15(24)22(16(25)21-17)9-14(23)20-8-11-3-2-6-26-11/h2-7H,8-9H2,1H3,(H,20,23)(H,21,25)/t17-/m1/s1. The lowest BCUT2D eigenvalue weighted by Gasteiger charge is -2.22. The van der Waals surface area contributed by atoms with E-state index in [1.54, 1.807) is 12.1 Å². The van der Waals surface area contributed by atoms with E-state index in [1.165, 1.54) is 13.2 Å². The van der Waals surface area contributed by atoms with Crippen molar-refractivity contribution in [3.05, 3.63) is 59.6 Å². The molecular formula is C17H15F2N3O4. The van der Waals surface area contributed by atoms with Crippen LogP contribution in [0.25, 0.3) is 0 Å². The van der Waals surface area contributed by atoms with Crippen molar-refractivity contribution < 1.29 is 27.6 Å². The van der Waals surface area contributed by atoms with Crippen molar-refractivity contribution in [3.8, 4) is 0 Å². The number of carbonyl (C=O) groups excluding carboxylic acids is 3. The monoisotopic (exact) mass is 363 g/mol. The summed E-state index contributed by atoms with van der Waals surface area (Å²) in [6.45, 7) is 0.787. The molecule has 1 saturated heterocycles. The third-order valence-corrected chi connectivity index (χ3v) is 4.08. The number of furan rings is 1. The van der Waals surface area contributed by atoms with Gasteiger partial charge in [0.25, 0.3) is 5.91 Å². The van der Waals surface area contributed by atoms with Gasteiger partial charge in [0.15, 0.2) is 0 Å². The first-order chi connectivity index (χ1) is 12.3. The van der Waals surface area contributed by atoms with E-state index in [0.717, 1.165) is 18.2 Å². The average Bonchev–Trinajstić information content (AvgIpc) is 3.18. The summed E-state index contributed by atoms with van der Waals surface area (Å²) >= 11 is 0. The van der Waals surface area contributed by atoms with Crippen LogP contribution < -0.4 is 10.6 Å². The minimum absolute atomic E-state index is 0.0886. The predicted molar refractivity (Wildman–Crippen MR) is 84.5 cm³/mol. The van der Waals surface area contributed by atoms with Gasteiger partial charge in [0.2, 0.25) is 5.91 Å². The van der Waals surface area contributed by atoms with Gasteiger partial charge in [0.05, 0.1) is 12.8 Å². The van der Waals surface area contributed by atoms with E-state index >= 15 is 0 Å². The molecule has 2 aromatic rings. The van der Waals surface area contributed by atoms with Crippen molar-refractivity contribution in [2.75, 3.05) is 6.54 Å². The van der Waals surface area contributed by atoms with Gasteiger partial charge in [-0.1, -0.05) is 0 Å². The number of rotatable bonds is 5. The number of imide groups is 1. The van der Waals surface area contributed by atoms with E-state index < -0.39 is 41.6 Å². The van der Waals surface area contributed by atoms with Gasteiger partial charge >= 0.3 is 6.03 Å². The van der Waals surface area contributed by atoms with Crippen LogP contribution in [0.1, 0.15) is 18.2 Å². The van der Waals surface area contributed by atoms with E-state index in [9.17, 15) is 23.2 Å². The summed E-state index contributed by atoms with van der Waals surface area (Å²) in [7, 11) is 0. The molecule has 0 bridgehead atoms. The first kappa shape index (κ1) is 17.6. The van der Waals surface area contributed by atoms with Crippen LogP contribution in [0.3, 0.4) is 0 Å². The minimum Gasteiger partial charge on any atom is -0.467 e. The average molecular weight is 363 g/mol. The van der Waals surface area contributed by atoms with Gasteiger partial charge in [0, 0.05) is 5.56 Å². The Hall–Kier alpha value is -3.23. The second-order valence-corrected chi connectivity index (χ2v) is 5.93. The molecule has 1 aliphatic rings. The predicted octanol–water partition coefficient (Wildman–Crippen LogP) is 1.64. The van der Waals surface area contributed by atoms with Gasteiger partial charge in [-0.25, -0.2) is 13.6 Å². The number of urea groups is 1. The number of hydrogen-bond acceptors (Lipinski definition) is 4. The number of benzene rings is 1. The fourth-order valence-corrected chi connectivity index (χ4v) is 2.70. The van der Waals surface area contributed by atoms with Crippen LogP contribution >= 0.6 is 0 Å². The topological polar surface area (TPSA) is 91.7 Å². The number of nitrogens with one attached hydrogen (secondary N) is 2. The first-order valence-electron chi connectivity index (χ1n) is 7.70. The zero-order valence-electron chi connectivity index (χ0n) is 13.7. The van der Waals surface area contributed by atoms with E-state index in [-0.39, 0.29) is 12.1 Å². The Morgan fingerprint density at radius 2 is 2.08 bits per heavy atom. The van der Waals surface area contributed by atoms with Crippen molar-refractivity contribution in [1.82, 2.24) is 15.5 Å². The van der Waals surface area contributed by atoms with Gasteiger partial charge < -0.3 is 15.1 Å². The Labute approximate surface area is 147 Å². The number of carbonyl (C=O) groups is 3. The molecule has 0 saturated carbocycles. The first-order valence-corrected chi connectivity index (χ1v) is 7.70. The minimum atomic E-state index is -1.80. The molecule has 1 aromatic carbocycles. The lowest BCUT2D eigenvalue weighted by molar-refractivity contribution is -0.135. The molecule has 1 fully saturated rings. The Morgan fingerprint density at radius 3 is 2.77 bits per heavy atom. The lowest BCUT2D eigenvalue weighted by Crippen LogP contribution is -2.43. The van der Waals surface area contributed by atoms with Crippen molar-refractivity contribution in [2.45, 2.75) is 19.0 Å². The molecule has 0 unspecified atom stereocenters. The fourth-order valence-electron chi connectivity index (χ4n) is 2.70. The van der Waals surface area contributed by atoms with Crippen molar-refractivity contribution in [3.63, 3.8) is 0 Å². The van der Waals surface area contributed by atoms with Crippen LogP contribution in [0.15, 0.2) is 41.0 Å². The maximum Gasteiger partial charge on any atom is 0.325 e. The highest BCUT2D eigenvalue weighted by molar-refractivity contribution is 6.09.